The smallest absolute Gasteiger partial charge is 0.174 e. The maximum absolute atomic E-state index is 12.9. The Hall–Kier alpha value is -0.240. The maximum Gasteiger partial charge on any atom is 0.174 e. The summed E-state index contributed by atoms with van der Waals surface area (Å²) in [5.74, 6) is 0.0520. The lowest BCUT2D eigenvalue weighted by Gasteiger charge is -2.68. The average Bonchev–Trinajstić information content (AvgIpc) is 3.09. The third-order valence-electron chi connectivity index (χ3n) is 11.9. The Morgan fingerprint density at radius 3 is 2.15 bits per heavy atom. The van der Waals surface area contributed by atoms with Crippen LogP contribution < -0.4 is 0 Å². The molecule has 0 radical (unpaired) electrons. The summed E-state index contributed by atoms with van der Waals surface area (Å²) in [5.41, 5.74) is -1.63. The van der Waals surface area contributed by atoms with Crippen molar-refractivity contribution in [1.29, 1.82) is 0 Å². The molecule has 186 valence electrons. The Labute approximate surface area is 198 Å². The van der Waals surface area contributed by atoms with Gasteiger partial charge < -0.3 is 28.8 Å². The molecule has 4 saturated carbocycles. The van der Waals surface area contributed by atoms with Crippen LogP contribution >= 0.6 is 0 Å². The normalized spacial score (nSPS) is 55.8. The molecule has 3 saturated heterocycles. The van der Waals surface area contributed by atoms with E-state index in [4.69, 9.17) is 23.7 Å². The van der Waals surface area contributed by atoms with Crippen molar-refractivity contribution in [3.05, 3.63) is 0 Å². The molecule has 7 aliphatic rings. The summed E-state index contributed by atoms with van der Waals surface area (Å²) >= 11 is 0. The summed E-state index contributed by atoms with van der Waals surface area (Å²) in [6.07, 6.45) is 6.72. The van der Waals surface area contributed by atoms with Gasteiger partial charge in [0.05, 0.1) is 38.1 Å². The molecule has 0 amide bonds. The highest BCUT2D eigenvalue weighted by Crippen LogP contribution is 2.78. The first kappa shape index (κ1) is 22.0. The molecule has 8 atom stereocenters. The van der Waals surface area contributed by atoms with Crippen molar-refractivity contribution in [3.8, 4) is 0 Å². The minimum Gasteiger partial charge on any atom is -0.389 e. The summed E-state index contributed by atoms with van der Waals surface area (Å²) in [6.45, 7) is 14.2. The van der Waals surface area contributed by atoms with Gasteiger partial charge >= 0.3 is 0 Å². The molecule has 3 spiro atoms. The van der Waals surface area contributed by atoms with Crippen molar-refractivity contribution in [2.24, 2.45) is 34.0 Å². The van der Waals surface area contributed by atoms with Gasteiger partial charge in [0, 0.05) is 30.1 Å². The third kappa shape index (κ3) is 2.38. The second kappa shape index (κ2) is 6.18. The number of hydrogen-bond donors (Lipinski definition) is 1. The van der Waals surface area contributed by atoms with E-state index in [-0.39, 0.29) is 33.9 Å². The number of epoxide rings is 1. The summed E-state index contributed by atoms with van der Waals surface area (Å²) in [6, 6.07) is 0. The molecule has 1 N–H and O–H groups in total. The zero-order valence-corrected chi connectivity index (χ0v) is 21.1. The van der Waals surface area contributed by atoms with E-state index in [1.807, 2.05) is 0 Å². The summed E-state index contributed by atoms with van der Waals surface area (Å²) in [5, 5.41) is 12.9. The third-order valence-corrected chi connectivity index (χ3v) is 11.9. The Balaban J connectivity index is 1.35. The zero-order chi connectivity index (χ0) is 23.1. The van der Waals surface area contributed by atoms with Gasteiger partial charge in [0.25, 0.3) is 0 Å². The van der Waals surface area contributed by atoms with Crippen molar-refractivity contribution in [3.63, 3.8) is 0 Å². The number of ether oxygens (including phenoxy) is 5. The van der Waals surface area contributed by atoms with Crippen molar-refractivity contribution >= 4 is 0 Å². The van der Waals surface area contributed by atoms with Gasteiger partial charge in [-0.3, -0.25) is 0 Å². The van der Waals surface area contributed by atoms with E-state index < -0.39 is 17.2 Å². The van der Waals surface area contributed by atoms with Crippen LogP contribution in [0.3, 0.4) is 0 Å². The molecule has 4 aliphatic carbocycles. The van der Waals surface area contributed by atoms with Crippen LogP contribution in [0.1, 0.15) is 79.6 Å². The van der Waals surface area contributed by atoms with Gasteiger partial charge in [-0.2, -0.15) is 0 Å². The van der Waals surface area contributed by atoms with Gasteiger partial charge in [-0.1, -0.05) is 34.6 Å². The van der Waals surface area contributed by atoms with Gasteiger partial charge in [-0.25, -0.2) is 0 Å². The van der Waals surface area contributed by atoms with Crippen LogP contribution in [0.5, 0.6) is 0 Å². The number of hydrogen-bond acceptors (Lipinski definition) is 6. The van der Waals surface area contributed by atoms with E-state index in [1.165, 1.54) is 0 Å². The topological polar surface area (TPSA) is 69.7 Å². The second-order valence-corrected chi connectivity index (χ2v) is 13.9. The summed E-state index contributed by atoms with van der Waals surface area (Å²) in [7, 11) is 0. The Kier molecular flexibility index (Phi) is 4.12. The number of aliphatic hydroxyl groups is 1. The largest absolute Gasteiger partial charge is 0.389 e. The molecule has 7 fully saturated rings. The fourth-order valence-electron chi connectivity index (χ4n) is 10.3. The van der Waals surface area contributed by atoms with Crippen LogP contribution in [0.2, 0.25) is 0 Å². The van der Waals surface area contributed by atoms with Gasteiger partial charge in [0.1, 0.15) is 5.60 Å². The van der Waals surface area contributed by atoms with Gasteiger partial charge in [0.15, 0.2) is 11.6 Å². The molecule has 0 aromatic carbocycles. The SMILES string of the molecule is CC(C)(C)[C@]1(O)C[C@@]2(C)[C@@H](CCC23OCCO3)[C@@H]2C[C@@H]3O[C@@]34CC3(CC[C@]4(C)[C@H]21)OCCO3. The fourth-order valence-corrected chi connectivity index (χ4v) is 10.3. The molecule has 3 aliphatic heterocycles. The first-order valence-corrected chi connectivity index (χ1v) is 13.4. The first-order valence-electron chi connectivity index (χ1n) is 13.4. The van der Waals surface area contributed by atoms with Gasteiger partial charge in [-0.15, -0.1) is 0 Å². The van der Waals surface area contributed by atoms with Crippen molar-refractivity contribution in [1.82, 2.24) is 0 Å². The molecule has 0 bridgehead atoms. The number of fused-ring (bicyclic) bond motifs is 5. The van der Waals surface area contributed by atoms with Crippen LogP contribution in [0.4, 0.5) is 0 Å². The highest BCUT2D eigenvalue weighted by Gasteiger charge is 2.83. The molecule has 7 rings (SSSR count). The Morgan fingerprint density at radius 1 is 0.818 bits per heavy atom. The predicted octanol–water partition coefficient (Wildman–Crippen LogP) is 4.03. The van der Waals surface area contributed by atoms with Gasteiger partial charge in [-0.05, 0) is 48.9 Å². The van der Waals surface area contributed by atoms with E-state index in [0.717, 1.165) is 44.9 Å². The minimum absolute atomic E-state index is 0.0996. The minimum atomic E-state index is -0.837. The van der Waals surface area contributed by atoms with Crippen LogP contribution in [0.15, 0.2) is 0 Å². The van der Waals surface area contributed by atoms with Crippen molar-refractivity contribution < 1.29 is 28.8 Å². The lowest BCUT2D eigenvalue weighted by atomic mass is 9.38. The van der Waals surface area contributed by atoms with E-state index >= 15 is 0 Å². The van der Waals surface area contributed by atoms with Gasteiger partial charge in [0.2, 0.25) is 0 Å². The fraction of sp³-hybridized carbons (Fsp3) is 1.00. The van der Waals surface area contributed by atoms with Crippen LogP contribution in [0, 0.1) is 34.0 Å². The molecule has 6 heteroatoms. The van der Waals surface area contributed by atoms with Crippen molar-refractivity contribution in [2.75, 3.05) is 26.4 Å². The van der Waals surface area contributed by atoms with E-state index in [0.29, 0.717) is 38.3 Å². The van der Waals surface area contributed by atoms with E-state index in [9.17, 15) is 5.11 Å². The lowest BCUT2D eigenvalue weighted by molar-refractivity contribution is -0.309. The lowest BCUT2D eigenvalue weighted by Crippen LogP contribution is -2.72. The monoisotopic (exact) mass is 462 g/mol. The molecule has 0 aromatic heterocycles. The van der Waals surface area contributed by atoms with E-state index in [1.54, 1.807) is 0 Å². The Bertz CT molecular complexity index is 855. The molecule has 0 aromatic rings. The molecule has 0 unspecified atom stereocenters. The summed E-state index contributed by atoms with van der Waals surface area (Å²) < 4.78 is 31.9. The Morgan fingerprint density at radius 2 is 1.48 bits per heavy atom. The predicted molar refractivity (Wildman–Crippen MR) is 120 cm³/mol. The molecule has 33 heavy (non-hydrogen) atoms. The standard InChI is InChI=1S/C27H42O6/c1-21(2,3)25(28)15-23(5)18(6-7-27(23)31-12-13-32-27)17-14-19-26(33-19)16-24(29-10-11-30-24)9-8-22(26,4)20(17)25/h17-20,28H,6-16H2,1-5H3/t17-,18-,19-,20-,22+,23-,25-,26-/m0/s1. The van der Waals surface area contributed by atoms with E-state index in [2.05, 4.69) is 34.6 Å². The molecule has 3 heterocycles. The van der Waals surface area contributed by atoms with Crippen LogP contribution in [-0.4, -0.2) is 60.4 Å². The highest BCUT2D eigenvalue weighted by molar-refractivity contribution is 5.30. The highest BCUT2D eigenvalue weighted by atomic mass is 16.7. The maximum atomic E-state index is 12.9. The van der Waals surface area contributed by atoms with Crippen LogP contribution in [-0.2, 0) is 23.7 Å². The number of rotatable bonds is 0. The average molecular weight is 463 g/mol. The first-order chi connectivity index (χ1) is 15.4. The second-order valence-electron chi connectivity index (χ2n) is 13.9. The quantitative estimate of drug-likeness (QED) is 0.548. The molecule has 6 nitrogen and oxygen atoms in total. The summed E-state index contributed by atoms with van der Waals surface area (Å²) in [4.78, 5) is 0. The van der Waals surface area contributed by atoms with Crippen molar-refractivity contribution in [2.45, 2.75) is 108 Å². The van der Waals surface area contributed by atoms with Crippen LogP contribution in [0.25, 0.3) is 0 Å². The zero-order valence-electron chi connectivity index (χ0n) is 21.1. The molecular weight excluding hydrogens is 420 g/mol. The molecular formula is C27H42O6.